The molecule has 3 aromatic rings. The number of nitrogens with zero attached hydrogens (tertiary/aromatic N) is 1. The van der Waals surface area contributed by atoms with Gasteiger partial charge in [-0.1, -0.05) is 6.07 Å². The molecule has 1 unspecified atom stereocenters. The highest BCUT2D eigenvalue weighted by molar-refractivity contribution is 7.12. The quantitative estimate of drug-likeness (QED) is 0.359. The second-order valence-electron chi connectivity index (χ2n) is 6.00. The van der Waals surface area contributed by atoms with Gasteiger partial charge in [-0.2, -0.15) is 0 Å². The van der Waals surface area contributed by atoms with Crippen LogP contribution in [-0.2, 0) is 12.8 Å². The Bertz CT molecular complexity index is 1160. The molecule has 9 nitrogen and oxygen atoms in total. The second kappa shape index (κ2) is 5.92. The van der Waals surface area contributed by atoms with Crippen molar-refractivity contribution in [2.75, 3.05) is 0 Å². The molecule has 26 heavy (non-hydrogen) atoms. The molecule has 0 saturated heterocycles. The zero-order chi connectivity index (χ0) is 18.4. The SMILES string of the molecule is O=C(NC1Cc2c([N+](=O)[O-])cc3[nH]c(=O)c(=O)[nH]c3c2C1)c1cccs1. The first-order chi connectivity index (χ1) is 12.4. The zero-order valence-electron chi connectivity index (χ0n) is 13.2. The number of rotatable bonds is 3. The van der Waals surface area contributed by atoms with Gasteiger partial charge in [0.1, 0.15) is 0 Å². The van der Waals surface area contributed by atoms with Gasteiger partial charge >= 0.3 is 11.1 Å². The maximum absolute atomic E-state index is 12.3. The molecular weight excluding hydrogens is 360 g/mol. The molecule has 0 bridgehead atoms. The van der Waals surface area contributed by atoms with E-state index in [0.29, 0.717) is 27.9 Å². The third-order valence-electron chi connectivity index (χ3n) is 4.40. The number of hydrogen-bond acceptors (Lipinski definition) is 6. The van der Waals surface area contributed by atoms with Gasteiger partial charge in [-0.25, -0.2) is 0 Å². The van der Waals surface area contributed by atoms with E-state index in [-0.39, 0.29) is 29.6 Å². The molecule has 2 heterocycles. The monoisotopic (exact) mass is 372 g/mol. The summed E-state index contributed by atoms with van der Waals surface area (Å²) in [5.41, 5.74) is -0.232. The van der Waals surface area contributed by atoms with Gasteiger partial charge in [0.05, 0.1) is 20.8 Å². The molecule has 1 aliphatic carbocycles. The third-order valence-corrected chi connectivity index (χ3v) is 5.27. The summed E-state index contributed by atoms with van der Waals surface area (Å²) in [5.74, 6) is -0.244. The maximum atomic E-state index is 12.3. The van der Waals surface area contributed by atoms with E-state index in [4.69, 9.17) is 0 Å². The molecule has 0 saturated carbocycles. The molecule has 0 radical (unpaired) electrons. The second-order valence-corrected chi connectivity index (χ2v) is 6.94. The van der Waals surface area contributed by atoms with Gasteiger partial charge < -0.3 is 15.3 Å². The first kappa shape index (κ1) is 16.2. The van der Waals surface area contributed by atoms with E-state index in [1.54, 1.807) is 17.5 Å². The Balaban J connectivity index is 1.77. The Labute approximate surface area is 148 Å². The highest BCUT2D eigenvalue weighted by Gasteiger charge is 2.32. The average molecular weight is 372 g/mol. The van der Waals surface area contributed by atoms with Crippen molar-refractivity contribution in [2.24, 2.45) is 0 Å². The lowest BCUT2D eigenvalue weighted by Crippen LogP contribution is -2.35. The molecule has 132 valence electrons. The van der Waals surface area contributed by atoms with Gasteiger partial charge in [-0.15, -0.1) is 11.3 Å². The molecule has 1 amide bonds. The van der Waals surface area contributed by atoms with Crippen molar-refractivity contribution in [3.8, 4) is 0 Å². The largest absolute Gasteiger partial charge is 0.348 e. The average Bonchev–Trinajstić information content (AvgIpc) is 3.24. The molecule has 0 aliphatic heterocycles. The van der Waals surface area contributed by atoms with Crippen LogP contribution in [0.15, 0.2) is 33.2 Å². The summed E-state index contributed by atoms with van der Waals surface area (Å²) in [6, 6.07) is 4.37. The van der Waals surface area contributed by atoms with Gasteiger partial charge in [0.15, 0.2) is 0 Å². The summed E-state index contributed by atoms with van der Waals surface area (Å²) in [6.07, 6.45) is 0.604. The summed E-state index contributed by atoms with van der Waals surface area (Å²) in [5, 5.41) is 16.1. The molecule has 10 heteroatoms. The molecular formula is C16H12N4O5S. The van der Waals surface area contributed by atoms with E-state index < -0.39 is 16.0 Å². The minimum absolute atomic E-state index is 0.136. The number of benzene rings is 1. The van der Waals surface area contributed by atoms with Crippen molar-refractivity contribution in [3.05, 3.63) is 70.4 Å². The summed E-state index contributed by atoms with van der Waals surface area (Å²) in [6.45, 7) is 0. The zero-order valence-corrected chi connectivity index (χ0v) is 14.0. The predicted octanol–water partition coefficient (Wildman–Crippen LogP) is 1.08. The molecule has 3 N–H and O–H groups in total. The number of H-pyrrole nitrogens is 2. The van der Waals surface area contributed by atoms with Gasteiger partial charge in [-0.3, -0.25) is 24.5 Å². The number of hydrogen-bond donors (Lipinski definition) is 3. The Morgan fingerprint density at radius 2 is 1.96 bits per heavy atom. The van der Waals surface area contributed by atoms with E-state index in [1.165, 1.54) is 17.4 Å². The topological polar surface area (TPSA) is 138 Å². The van der Waals surface area contributed by atoms with E-state index in [1.807, 2.05) is 0 Å². The predicted molar refractivity (Wildman–Crippen MR) is 94.8 cm³/mol. The summed E-state index contributed by atoms with van der Waals surface area (Å²) >= 11 is 1.30. The lowest BCUT2D eigenvalue weighted by atomic mass is 10.1. The summed E-state index contributed by atoms with van der Waals surface area (Å²) < 4.78 is 0. The number of amides is 1. The smallest absolute Gasteiger partial charge is 0.314 e. The maximum Gasteiger partial charge on any atom is 0.314 e. The number of fused-ring (bicyclic) bond motifs is 3. The summed E-state index contributed by atoms with van der Waals surface area (Å²) in [7, 11) is 0. The van der Waals surface area contributed by atoms with Crippen LogP contribution in [0, 0.1) is 10.1 Å². The normalized spacial score (nSPS) is 15.8. The number of carbonyl (C=O) groups excluding carboxylic acids is 1. The number of aromatic amines is 2. The van der Waals surface area contributed by atoms with E-state index in [9.17, 15) is 24.5 Å². The van der Waals surface area contributed by atoms with Crippen molar-refractivity contribution in [1.82, 2.24) is 15.3 Å². The number of nitro groups is 1. The molecule has 4 rings (SSSR count). The van der Waals surface area contributed by atoms with Crippen LogP contribution in [-0.4, -0.2) is 26.8 Å². The molecule has 0 fully saturated rings. The molecule has 1 aliphatic rings. The number of nitrogens with one attached hydrogen (secondary N) is 3. The van der Waals surface area contributed by atoms with Crippen LogP contribution < -0.4 is 16.4 Å². The van der Waals surface area contributed by atoms with Gasteiger partial charge in [0.2, 0.25) is 0 Å². The fourth-order valence-corrected chi connectivity index (χ4v) is 3.93. The van der Waals surface area contributed by atoms with E-state index >= 15 is 0 Å². The number of aromatic nitrogens is 2. The number of thiophene rings is 1. The molecule has 0 spiro atoms. The van der Waals surface area contributed by atoms with Gasteiger partial charge in [0, 0.05) is 24.1 Å². The van der Waals surface area contributed by atoms with Crippen LogP contribution in [0.4, 0.5) is 5.69 Å². The van der Waals surface area contributed by atoms with Crippen LogP contribution in [0.2, 0.25) is 0 Å². The van der Waals surface area contributed by atoms with E-state index in [0.717, 1.165) is 0 Å². The van der Waals surface area contributed by atoms with Crippen molar-refractivity contribution in [2.45, 2.75) is 18.9 Å². The lowest BCUT2D eigenvalue weighted by molar-refractivity contribution is -0.385. The minimum Gasteiger partial charge on any atom is -0.348 e. The number of carbonyl (C=O) groups is 1. The number of nitro benzene ring substituents is 1. The van der Waals surface area contributed by atoms with Crippen molar-refractivity contribution >= 4 is 34.0 Å². The van der Waals surface area contributed by atoms with Crippen LogP contribution >= 0.6 is 11.3 Å². The van der Waals surface area contributed by atoms with Gasteiger partial charge in [0.25, 0.3) is 11.6 Å². The van der Waals surface area contributed by atoms with Crippen molar-refractivity contribution < 1.29 is 9.72 Å². The van der Waals surface area contributed by atoms with Crippen LogP contribution in [0.25, 0.3) is 11.0 Å². The fourth-order valence-electron chi connectivity index (χ4n) is 3.30. The molecule has 1 atom stereocenters. The van der Waals surface area contributed by atoms with Crippen molar-refractivity contribution in [3.63, 3.8) is 0 Å². The third kappa shape index (κ3) is 2.60. The highest BCUT2D eigenvalue weighted by Crippen LogP contribution is 2.35. The first-order valence-electron chi connectivity index (χ1n) is 7.74. The summed E-state index contributed by atoms with van der Waals surface area (Å²) in [4.78, 5) is 51.8. The Hall–Kier alpha value is -3.27. The first-order valence-corrected chi connectivity index (χ1v) is 8.62. The molecule has 2 aromatic heterocycles. The van der Waals surface area contributed by atoms with Crippen LogP contribution in [0.3, 0.4) is 0 Å². The van der Waals surface area contributed by atoms with Crippen molar-refractivity contribution in [1.29, 1.82) is 0 Å². The Morgan fingerprint density at radius 3 is 2.65 bits per heavy atom. The Morgan fingerprint density at radius 1 is 1.23 bits per heavy atom. The highest BCUT2D eigenvalue weighted by atomic mass is 32.1. The van der Waals surface area contributed by atoms with Crippen LogP contribution in [0.5, 0.6) is 0 Å². The lowest BCUT2D eigenvalue weighted by Gasteiger charge is -2.10. The van der Waals surface area contributed by atoms with Crippen LogP contribution in [0.1, 0.15) is 20.8 Å². The standard InChI is InChI=1S/C16H12N4O5S/c21-14(12-2-1-3-26-12)17-7-4-8-9(5-7)13-10(6-11(8)20(24)25)18-15(22)16(23)19-13/h1-3,6-7H,4-5H2,(H,17,21)(H,18,22)(H,19,23). The minimum atomic E-state index is -0.868. The Kier molecular flexibility index (Phi) is 3.69. The van der Waals surface area contributed by atoms with Gasteiger partial charge in [-0.05, 0) is 23.4 Å². The molecule has 1 aromatic carbocycles. The fraction of sp³-hybridized carbons (Fsp3) is 0.188. The van der Waals surface area contributed by atoms with E-state index in [2.05, 4.69) is 15.3 Å².